The first-order valence-corrected chi connectivity index (χ1v) is 7.01. The van der Waals surface area contributed by atoms with Crippen LogP contribution in [0, 0.1) is 5.92 Å². The summed E-state index contributed by atoms with van der Waals surface area (Å²) >= 11 is 0. The van der Waals surface area contributed by atoms with Crippen molar-refractivity contribution in [1.29, 1.82) is 0 Å². The largest absolute Gasteiger partial charge is 0.480 e. The van der Waals surface area contributed by atoms with E-state index < -0.39 is 21.5 Å². The SMILES string of the molecule is CC(C)[C@@](C)(NS(=O)(=O)c1ccccc1)C(=O)O. The standard InChI is InChI=1S/C12H17NO4S/c1-9(2)12(3,11(14)15)13-18(16,17)10-7-5-4-6-8-10/h4-9,13H,1-3H3,(H,14,15)/t12-/m1/s1. The third-order valence-electron chi connectivity index (χ3n) is 3.00. The molecule has 1 atom stereocenters. The van der Waals surface area contributed by atoms with Crippen molar-refractivity contribution >= 4 is 16.0 Å². The average Bonchev–Trinajstić information content (AvgIpc) is 2.29. The van der Waals surface area contributed by atoms with E-state index in [1.807, 2.05) is 0 Å². The van der Waals surface area contributed by atoms with E-state index in [4.69, 9.17) is 0 Å². The van der Waals surface area contributed by atoms with Crippen LogP contribution in [-0.4, -0.2) is 25.0 Å². The Labute approximate surface area is 107 Å². The lowest BCUT2D eigenvalue weighted by molar-refractivity contribution is -0.145. The molecule has 1 aromatic carbocycles. The average molecular weight is 271 g/mol. The summed E-state index contributed by atoms with van der Waals surface area (Å²) in [6.07, 6.45) is 0. The van der Waals surface area contributed by atoms with Gasteiger partial charge < -0.3 is 5.11 Å². The number of sulfonamides is 1. The topological polar surface area (TPSA) is 83.5 Å². The quantitative estimate of drug-likeness (QED) is 0.849. The predicted molar refractivity (Wildman–Crippen MR) is 67.6 cm³/mol. The number of rotatable bonds is 5. The van der Waals surface area contributed by atoms with Gasteiger partial charge in [-0.2, -0.15) is 4.72 Å². The fourth-order valence-corrected chi connectivity index (χ4v) is 2.86. The van der Waals surface area contributed by atoms with Crippen molar-refractivity contribution in [2.45, 2.75) is 31.2 Å². The molecule has 0 spiro atoms. The number of carboxylic acid groups (broad SMARTS) is 1. The Balaban J connectivity index is 3.13. The van der Waals surface area contributed by atoms with E-state index in [-0.39, 0.29) is 10.8 Å². The summed E-state index contributed by atoms with van der Waals surface area (Å²) in [4.78, 5) is 11.3. The van der Waals surface area contributed by atoms with Gasteiger partial charge in [-0.1, -0.05) is 32.0 Å². The van der Waals surface area contributed by atoms with Gasteiger partial charge in [-0.15, -0.1) is 0 Å². The minimum atomic E-state index is -3.84. The Morgan fingerprint density at radius 2 is 1.78 bits per heavy atom. The first-order valence-electron chi connectivity index (χ1n) is 5.52. The van der Waals surface area contributed by atoms with Crippen molar-refractivity contribution in [1.82, 2.24) is 4.72 Å². The molecule has 0 aliphatic rings. The maximum atomic E-state index is 12.1. The van der Waals surface area contributed by atoms with Crippen molar-refractivity contribution < 1.29 is 18.3 Å². The summed E-state index contributed by atoms with van der Waals surface area (Å²) in [5.41, 5.74) is -1.53. The number of benzene rings is 1. The number of nitrogens with one attached hydrogen (secondary N) is 1. The van der Waals surface area contributed by atoms with Gasteiger partial charge in [0.25, 0.3) is 0 Å². The Kier molecular flexibility index (Phi) is 4.13. The van der Waals surface area contributed by atoms with Crippen LogP contribution in [0.5, 0.6) is 0 Å². The number of carboxylic acids is 1. The highest BCUT2D eigenvalue weighted by atomic mass is 32.2. The third-order valence-corrected chi connectivity index (χ3v) is 4.58. The lowest BCUT2D eigenvalue weighted by atomic mass is 9.90. The van der Waals surface area contributed by atoms with Crippen molar-refractivity contribution in [3.05, 3.63) is 30.3 Å². The van der Waals surface area contributed by atoms with Crippen LogP contribution in [0.2, 0.25) is 0 Å². The molecule has 0 saturated heterocycles. The molecule has 0 fully saturated rings. The summed E-state index contributed by atoms with van der Waals surface area (Å²) in [6.45, 7) is 4.67. The van der Waals surface area contributed by atoms with Gasteiger partial charge in [0, 0.05) is 0 Å². The second-order valence-corrected chi connectivity index (χ2v) is 6.26. The van der Waals surface area contributed by atoms with E-state index in [2.05, 4.69) is 4.72 Å². The van der Waals surface area contributed by atoms with E-state index >= 15 is 0 Å². The van der Waals surface area contributed by atoms with Gasteiger partial charge in [0.2, 0.25) is 10.0 Å². The summed E-state index contributed by atoms with van der Waals surface area (Å²) < 4.78 is 26.4. The molecular weight excluding hydrogens is 254 g/mol. The van der Waals surface area contributed by atoms with Gasteiger partial charge in [-0.05, 0) is 25.0 Å². The summed E-state index contributed by atoms with van der Waals surface area (Å²) in [6, 6.07) is 7.71. The van der Waals surface area contributed by atoms with Crippen LogP contribution in [0.3, 0.4) is 0 Å². The zero-order valence-electron chi connectivity index (χ0n) is 10.5. The van der Waals surface area contributed by atoms with Crippen molar-refractivity contribution in [2.24, 2.45) is 5.92 Å². The van der Waals surface area contributed by atoms with Gasteiger partial charge in [-0.3, -0.25) is 4.79 Å². The molecule has 18 heavy (non-hydrogen) atoms. The van der Waals surface area contributed by atoms with Gasteiger partial charge in [0.1, 0.15) is 5.54 Å². The van der Waals surface area contributed by atoms with Crippen LogP contribution < -0.4 is 4.72 Å². The molecule has 0 radical (unpaired) electrons. The van der Waals surface area contributed by atoms with E-state index in [9.17, 15) is 18.3 Å². The zero-order valence-corrected chi connectivity index (χ0v) is 11.4. The molecule has 100 valence electrons. The highest BCUT2D eigenvalue weighted by Crippen LogP contribution is 2.20. The molecular formula is C12H17NO4S. The molecule has 2 N–H and O–H groups in total. The minimum Gasteiger partial charge on any atom is -0.480 e. The second kappa shape index (κ2) is 5.07. The second-order valence-electron chi connectivity index (χ2n) is 4.58. The normalized spacial score (nSPS) is 15.3. The van der Waals surface area contributed by atoms with Gasteiger partial charge in [0.05, 0.1) is 4.90 Å². The number of hydrogen-bond donors (Lipinski definition) is 2. The van der Waals surface area contributed by atoms with Crippen LogP contribution >= 0.6 is 0 Å². The van der Waals surface area contributed by atoms with Crippen LogP contribution in [0.25, 0.3) is 0 Å². The Hall–Kier alpha value is -1.40. The molecule has 0 saturated carbocycles. The third kappa shape index (κ3) is 2.88. The van der Waals surface area contributed by atoms with Crippen LogP contribution in [0.4, 0.5) is 0 Å². The van der Waals surface area contributed by atoms with Crippen LogP contribution in [0.1, 0.15) is 20.8 Å². The van der Waals surface area contributed by atoms with Crippen molar-refractivity contribution in [2.75, 3.05) is 0 Å². The molecule has 0 aliphatic carbocycles. The lowest BCUT2D eigenvalue weighted by Gasteiger charge is -2.29. The Bertz CT molecular complexity index is 524. The van der Waals surface area contributed by atoms with E-state index in [1.165, 1.54) is 19.1 Å². The fraction of sp³-hybridized carbons (Fsp3) is 0.417. The maximum Gasteiger partial charge on any atom is 0.324 e. The van der Waals surface area contributed by atoms with Crippen LogP contribution in [-0.2, 0) is 14.8 Å². The highest BCUT2D eigenvalue weighted by Gasteiger charge is 2.40. The summed E-state index contributed by atoms with van der Waals surface area (Å²) in [5, 5.41) is 9.19. The van der Waals surface area contributed by atoms with E-state index in [1.54, 1.807) is 32.0 Å². The molecule has 0 heterocycles. The monoisotopic (exact) mass is 271 g/mol. The molecule has 1 aromatic rings. The lowest BCUT2D eigenvalue weighted by Crippen LogP contribution is -2.55. The molecule has 0 amide bonds. The van der Waals surface area contributed by atoms with E-state index in [0.717, 1.165) is 0 Å². The van der Waals surface area contributed by atoms with Gasteiger partial charge in [0.15, 0.2) is 0 Å². The zero-order chi connectivity index (χ0) is 14.0. The molecule has 0 unspecified atom stereocenters. The van der Waals surface area contributed by atoms with Crippen molar-refractivity contribution in [3.63, 3.8) is 0 Å². The smallest absolute Gasteiger partial charge is 0.324 e. The summed E-state index contributed by atoms with van der Waals surface area (Å²) in [7, 11) is -3.84. The number of carbonyl (C=O) groups is 1. The molecule has 5 nitrogen and oxygen atoms in total. The number of aliphatic carboxylic acids is 1. The minimum absolute atomic E-state index is 0.0538. The van der Waals surface area contributed by atoms with Crippen LogP contribution in [0.15, 0.2) is 35.2 Å². The first-order chi connectivity index (χ1) is 8.20. The van der Waals surface area contributed by atoms with E-state index in [0.29, 0.717) is 0 Å². The Morgan fingerprint density at radius 1 is 1.28 bits per heavy atom. The highest BCUT2D eigenvalue weighted by molar-refractivity contribution is 7.89. The fourth-order valence-electron chi connectivity index (χ4n) is 1.35. The molecule has 0 aromatic heterocycles. The van der Waals surface area contributed by atoms with Gasteiger partial charge >= 0.3 is 5.97 Å². The predicted octanol–water partition coefficient (Wildman–Crippen LogP) is 1.46. The number of hydrogen-bond acceptors (Lipinski definition) is 3. The molecule has 1 rings (SSSR count). The summed E-state index contributed by atoms with van der Waals surface area (Å²) in [5.74, 6) is -1.58. The Morgan fingerprint density at radius 3 is 2.17 bits per heavy atom. The molecule has 0 bridgehead atoms. The molecule has 0 aliphatic heterocycles. The van der Waals surface area contributed by atoms with Crippen molar-refractivity contribution in [3.8, 4) is 0 Å². The first kappa shape index (κ1) is 14.7. The maximum absolute atomic E-state index is 12.1. The molecule has 6 heteroatoms. The van der Waals surface area contributed by atoms with Gasteiger partial charge in [-0.25, -0.2) is 8.42 Å².